The molecule has 4 unspecified atom stereocenters. The molecule has 144 valence electrons. The van der Waals surface area contributed by atoms with Crippen LogP contribution in [0.3, 0.4) is 0 Å². The second kappa shape index (κ2) is 5.28. The zero-order valence-electron chi connectivity index (χ0n) is 16.5. The number of hydrogen-bond acceptors (Lipinski definition) is 4. The van der Waals surface area contributed by atoms with Gasteiger partial charge in [0, 0.05) is 29.4 Å². The summed E-state index contributed by atoms with van der Waals surface area (Å²) in [6.07, 6.45) is 5.20. The molecule has 0 radical (unpaired) electrons. The van der Waals surface area contributed by atoms with Gasteiger partial charge in [-0.15, -0.1) is 0 Å². The first kappa shape index (κ1) is 16.4. The zero-order valence-corrected chi connectivity index (χ0v) is 16.5. The van der Waals surface area contributed by atoms with Crippen molar-refractivity contribution in [2.24, 2.45) is 11.8 Å². The van der Waals surface area contributed by atoms with E-state index in [1.54, 1.807) is 7.11 Å². The number of ketones is 1. The molecule has 1 aliphatic heterocycles. The average Bonchev–Trinajstić information content (AvgIpc) is 3.22. The molecule has 1 aromatic rings. The molecule has 0 aromatic heterocycles. The molecule has 1 spiro atoms. The van der Waals surface area contributed by atoms with E-state index in [1.807, 2.05) is 0 Å². The van der Waals surface area contributed by atoms with Crippen molar-refractivity contribution in [3.05, 3.63) is 22.8 Å². The fourth-order valence-corrected chi connectivity index (χ4v) is 6.88. The van der Waals surface area contributed by atoms with Crippen molar-refractivity contribution in [1.29, 1.82) is 0 Å². The Bertz CT molecular complexity index is 843. The lowest BCUT2D eigenvalue weighted by Crippen LogP contribution is -2.55. The molecule has 6 rings (SSSR count). The van der Waals surface area contributed by atoms with Crippen molar-refractivity contribution in [1.82, 2.24) is 5.32 Å². The monoisotopic (exact) mass is 367 g/mol. The van der Waals surface area contributed by atoms with Crippen LogP contribution in [0.2, 0.25) is 0 Å². The summed E-state index contributed by atoms with van der Waals surface area (Å²) in [5.74, 6) is 4.35. The Hall–Kier alpha value is -1.55. The number of carbonyl (C=O) groups is 1. The number of Topliss-reactive ketones (excluding diaryl/α,β-unsaturated/α-hetero) is 1. The number of hydrogen-bond donors (Lipinski definition) is 1. The van der Waals surface area contributed by atoms with Crippen molar-refractivity contribution in [3.63, 3.8) is 0 Å². The van der Waals surface area contributed by atoms with Gasteiger partial charge in [-0.05, 0) is 67.2 Å². The largest absolute Gasteiger partial charge is 0.493 e. The predicted molar refractivity (Wildman–Crippen MR) is 103 cm³/mol. The fraction of sp³-hybridized carbons (Fsp3) is 0.696. The van der Waals surface area contributed by atoms with Crippen molar-refractivity contribution in [2.75, 3.05) is 13.7 Å². The third-order valence-corrected chi connectivity index (χ3v) is 8.12. The average molecular weight is 367 g/mol. The minimum Gasteiger partial charge on any atom is -0.493 e. The van der Waals surface area contributed by atoms with E-state index in [4.69, 9.17) is 9.47 Å². The van der Waals surface area contributed by atoms with Gasteiger partial charge in [-0.25, -0.2) is 0 Å². The number of fused-ring (bicyclic) bond motifs is 2. The number of rotatable bonds is 5. The molecule has 0 amide bonds. The third-order valence-electron chi connectivity index (χ3n) is 8.12. The smallest absolute Gasteiger partial charge is 0.174 e. The summed E-state index contributed by atoms with van der Waals surface area (Å²) in [5.41, 5.74) is 4.13. The van der Waals surface area contributed by atoms with Gasteiger partial charge in [0.15, 0.2) is 23.4 Å². The number of benzene rings is 1. The van der Waals surface area contributed by atoms with Crippen LogP contribution in [0.1, 0.15) is 74.5 Å². The third kappa shape index (κ3) is 1.90. The molecule has 3 fully saturated rings. The molecule has 0 saturated heterocycles. The standard InChI is InChI=1S/C23H29NO3/c1-11(2)13-8-17(26-3)21-19-18(13)14-9-23(19)15(6-7-16(25)22(23)27-21)20(14)24-10-12-4-5-12/h8,11-12,14-15,20,22,24H,4-7,9-10H2,1-3H3/t14?,15?,20?,22?,23-/m1/s1. The van der Waals surface area contributed by atoms with Crippen molar-refractivity contribution in [3.8, 4) is 11.5 Å². The van der Waals surface area contributed by atoms with Crippen molar-refractivity contribution in [2.45, 2.75) is 75.3 Å². The van der Waals surface area contributed by atoms with Gasteiger partial charge in [-0.2, -0.15) is 0 Å². The summed E-state index contributed by atoms with van der Waals surface area (Å²) in [7, 11) is 1.72. The van der Waals surface area contributed by atoms with Gasteiger partial charge < -0.3 is 14.8 Å². The van der Waals surface area contributed by atoms with Crippen LogP contribution < -0.4 is 14.8 Å². The lowest BCUT2D eigenvalue weighted by molar-refractivity contribution is -0.132. The highest BCUT2D eigenvalue weighted by Crippen LogP contribution is 2.71. The van der Waals surface area contributed by atoms with Crippen LogP contribution in [-0.4, -0.2) is 31.6 Å². The molecule has 1 aromatic carbocycles. The number of ether oxygens (including phenoxy) is 2. The highest BCUT2D eigenvalue weighted by molar-refractivity contribution is 5.90. The van der Waals surface area contributed by atoms with Gasteiger partial charge in [0.1, 0.15) is 0 Å². The predicted octanol–water partition coefficient (Wildman–Crippen LogP) is 3.67. The van der Waals surface area contributed by atoms with E-state index in [9.17, 15) is 4.79 Å². The summed E-state index contributed by atoms with van der Waals surface area (Å²) in [4.78, 5) is 12.9. The Balaban J connectivity index is 1.55. The maximum atomic E-state index is 12.9. The van der Waals surface area contributed by atoms with E-state index in [0.29, 0.717) is 36.0 Å². The first-order valence-electron chi connectivity index (χ1n) is 10.7. The Kier molecular flexibility index (Phi) is 3.21. The Morgan fingerprint density at radius 3 is 2.85 bits per heavy atom. The number of methoxy groups -OCH3 is 1. The van der Waals surface area contributed by atoms with Gasteiger partial charge in [0.25, 0.3) is 0 Å². The summed E-state index contributed by atoms with van der Waals surface area (Å²) in [6, 6.07) is 2.68. The molecule has 4 nitrogen and oxygen atoms in total. The van der Waals surface area contributed by atoms with Crippen LogP contribution in [0, 0.1) is 11.8 Å². The van der Waals surface area contributed by atoms with Gasteiger partial charge in [0.05, 0.1) is 7.11 Å². The normalized spacial score (nSPS) is 37.7. The maximum Gasteiger partial charge on any atom is 0.174 e. The summed E-state index contributed by atoms with van der Waals surface area (Å²) < 4.78 is 12.1. The van der Waals surface area contributed by atoms with Crippen molar-refractivity contribution >= 4 is 5.78 Å². The second-order valence-electron chi connectivity index (χ2n) is 9.78. The Labute approximate surface area is 161 Å². The molecule has 1 heterocycles. The minimum atomic E-state index is -0.293. The lowest BCUT2D eigenvalue weighted by atomic mass is 9.61. The molecule has 4 heteroatoms. The lowest BCUT2D eigenvalue weighted by Gasteiger charge is -2.43. The molecule has 27 heavy (non-hydrogen) atoms. The molecular formula is C23H29NO3. The molecule has 5 aliphatic rings. The number of nitrogens with one attached hydrogen (secondary N) is 1. The van der Waals surface area contributed by atoms with E-state index in [-0.39, 0.29) is 11.5 Å². The molecule has 5 atom stereocenters. The van der Waals surface area contributed by atoms with Crippen LogP contribution in [0.15, 0.2) is 6.07 Å². The van der Waals surface area contributed by atoms with Crippen LogP contribution in [0.5, 0.6) is 11.5 Å². The van der Waals surface area contributed by atoms with E-state index < -0.39 is 0 Å². The first-order valence-corrected chi connectivity index (χ1v) is 10.7. The second-order valence-corrected chi connectivity index (χ2v) is 9.78. The molecule has 2 bridgehead atoms. The van der Waals surface area contributed by atoms with Gasteiger partial charge in [-0.3, -0.25) is 4.79 Å². The molecular weight excluding hydrogens is 338 g/mol. The molecule has 4 aliphatic carbocycles. The minimum absolute atomic E-state index is 0.107. The quantitative estimate of drug-likeness (QED) is 0.863. The van der Waals surface area contributed by atoms with Gasteiger partial charge >= 0.3 is 0 Å². The van der Waals surface area contributed by atoms with E-state index in [2.05, 4.69) is 25.2 Å². The highest BCUT2D eigenvalue weighted by atomic mass is 16.5. The zero-order chi connectivity index (χ0) is 18.5. The molecule has 3 saturated carbocycles. The van der Waals surface area contributed by atoms with Crippen molar-refractivity contribution < 1.29 is 14.3 Å². The van der Waals surface area contributed by atoms with E-state index in [1.165, 1.54) is 29.5 Å². The number of carbonyl (C=O) groups excluding carboxylic acids is 1. The van der Waals surface area contributed by atoms with Crippen LogP contribution in [0.4, 0.5) is 0 Å². The topological polar surface area (TPSA) is 47.6 Å². The summed E-state index contributed by atoms with van der Waals surface area (Å²) in [5, 5.41) is 3.97. The van der Waals surface area contributed by atoms with Crippen LogP contribution in [0.25, 0.3) is 0 Å². The fourth-order valence-electron chi connectivity index (χ4n) is 6.88. The Morgan fingerprint density at radius 1 is 1.33 bits per heavy atom. The van der Waals surface area contributed by atoms with Gasteiger partial charge in [-0.1, -0.05) is 13.8 Å². The van der Waals surface area contributed by atoms with Crippen LogP contribution in [-0.2, 0) is 10.2 Å². The highest BCUT2D eigenvalue weighted by Gasteiger charge is 2.71. The summed E-state index contributed by atoms with van der Waals surface area (Å²) >= 11 is 0. The maximum absolute atomic E-state index is 12.9. The van der Waals surface area contributed by atoms with Gasteiger partial charge in [0.2, 0.25) is 0 Å². The first-order chi connectivity index (χ1) is 13.1. The molecule has 1 N–H and O–H groups in total. The summed E-state index contributed by atoms with van der Waals surface area (Å²) in [6.45, 7) is 5.68. The van der Waals surface area contributed by atoms with Crippen LogP contribution >= 0.6 is 0 Å². The SMILES string of the molecule is COc1cc(C(C)C)c2c3c1OC1C(=O)CCC4C(NCC5CC5)C2C[C@@]314. The van der Waals surface area contributed by atoms with E-state index in [0.717, 1.165) is 36.8 Å². The Morgan fingerprint density at radius 2 is 2.15 bits per heavy atom. The van der Waals surface area contributed by atoms with E-state index >= 15 is 0 Å².